The van der Waals surface area contributed by atoms with Gasteiger partial charge in [-0.05, 0) is 17.7 Å². The van der Waals surface area contributed by atoms with Gasteiger partial charge in [0.05, 0.1) is 17.6 Å². The average Bonchev–Trinajstić information content (AvgIpc) is 2.51. The molecule has 0 radical (unpaired) electrons. The summed E-state index contributed by atoms with van der Waals surface area (Å²) in [6.45, 7) is 0.414. The lowest BCUT2D eigenvalue weighted by Gasteiger charge is -2.14. The number of hydrogen-bond acceptors (Lipinski definition) is 4. The molecule has 2 rings (SSSR count). The maximum Gasteiger partial charge on any atom is 0.154 e. The van der Waals surface area contributed by atoms with Crippen LogP contribution in [0.4, 0.5) is 4.39 Å². The van der Waals surface area contributed by atoms with E-state index in [0.29, 0.717) is 6.54 Å². The molecule has 0 bridgehead atoms. The van der Waals surface area contributed by atoms with E-state index in [4.69, 9.17) is 0 Å². The van der Waals surface area contributed by atoms with E-state index in [9.17, 15) is 17.9 Å². The van der Waals surface area contributed by atoms with E-state index < -0.39 is 22.0 Å². The molecule has 1 aromatic carbocycles. The van der Waals surface area contributed by atoms with Gasteiger partial charge in [0.1, 0.15) is 5.82 Å². The van der Waals surface area contributed by atoms with Gasteiger partial charge in [0.25, 0.3) is 0 Å². The lowest BCUT2D eigenvalue weighted by Crippen LogP contribution is -2.38. The molecule has 1 fully saturated rings. The highest BCUT2D eigenvalue weighted by Crippen LogP contribution is 2.13. The molecule has 0 aliphatic carbocycles. The molecule has 2 unspecified atom stereocenters. The number of hydrogen-bond donors (Lipinski definition) is 2. The van der Waals surface area contributed by atoms with E-state index in [1.165, 1.54) is 12.1 Å². The topological polar surface area (TPSA) is 66.4 Å². The first-order chi connectivity index (χ1) is 7.96. The van der Waals surface area contributed by atoms with Crippen LogP contribution in [-0.4, -0.2) is 37.2 Å². The number of nitrogens with one attached hydrogen (secondary N) is 1. The van der Waals surface area contributed by atoms with Crippen LogP contribution in [0.5, 0.6) is 0 Å². The lowest BCUT2D eigenvalue weighted by atomic mass is 10.2. The summed E-state index contributed by atoms with van der Waals surface area (Å²) in [6.07, 6.45) is -0.861. The molecule has 2 atom stereocenters. The molecular formula is C11H14FNO3S. The van der Waals surface area contributed by atoms with Crippen molar-refractivity contribution in [1.82, 2.24) is 5.32 Å². The van der Waals surface area contributed by atoms with Crippen LogP contribution in [0.2, 0.25) is 0 Å². The first-order valence-corrected chi connectivity index (χ1v) is 7.15. The normalized spacial score (nSPS) is 27.2. The van der Waals surface area contributed by atoms with Gasteiger partial charge in [-0.1, -0.05) is 12.1 Å². The monoisotopic (exact) mass is 259 g/mol. The standard InChI is InChI=1S/C11H14FNO3S/c12-9-3-1-8(2-4-9)5-13-10-6-17(15,16)7-11(10)14/h1-4,10-11,13-14H,5-7H2. The second-order valence-electron chi connectivity index (χ2n) is 4.26. The van der Waals surface area contributed by atoms with Crippen molar-refractivity contribution < 1.29 is 17.9 Å². The fourth-order valence-electron chi connectivity index (χ4n) is 1.88. The minimum absolute atomic E-state index is 0.0463. The molecule has 1 aliphatic rings. The third kappa shape index (κ3) is 3.24. The summed E-state index contributed by atoms with van der Waals surface area (Å²) in [5.41, 5.74) is 0.850. The molecule has 2 N–H and O–H groups in total. The third-order valence-corrected chi connectivity index (χ3v) is 4.52. The third-order valence-electron chi connectivity index (χ3n) is 2.80. The van der Waals surface area contributed by atoms with Gasteiger partial charge in [0.2, 0.25) is 0 Å². The van der Waals surface area contributed by atoms with E-state index in [1.54, 1.807) is 12.1 Å². The van der Waals surface area contributed by atoms with Gasteiger partial charge < -0.3 is 10.4 Å². The summed E-state index contributed by atoms with van der Waals surface area (Å²) >= 11 is 0. The largest absolute Gasteiger partial charge is 0.390 e. The van der Waals surface area contributed by atoms with E-state index in [2.05, 4.69) is 5.32 Å². The van der Waals surface area contributed by atoms with Gasteiger partial charge in [-0.15, -0.1) is 0 Å². The lowest BCUT2D eigenvalue weighted by molar-refractivity contribution is 0.165. The van der Waals surface area contributed by atoms with Gasteiger partial charge in [-0.3, -0.25) is 0 Å². The van der Waals surface area contributed by atoms with Gasteiger partial charge >= 0.3 is 0 Å². The first-order valence-electron chi connectivity index (χ1n) is 5.32. The molecule has 0 spiro atoms. The minimum atomic E-state index is -3.13. The molecule has 6 heteroatoms. The van der Waals surface area contributed by atoms with E-state index in [0.717, 1.165) is 5.56 Å². The van der Waals surface area contributed by atoms with Crippen LogP contribution in [0.15, 0.2) is 24.3 Å². The molecule has 17 heavy (non-hydrogen) atoms. The number of aliphatic hydroxyl groups is 1. The second-order valence-corrected chi connectivity index (χ2v) is 6.41. The Hall–Kier alpha value is -0.980. The van der Waals surface area contributed by atoms with Crippen LogP contribution in [0, 0.1) is 5.82 Å². The zero-order chi connectivity index (χ0) is 12.5. The van der Waals surface area contributed by atoms with Crippen LogP contribution in [0.25, 0.3) is 0 Å². The fourth-order valence-corrected chi connectivity index (χ4v) is 3.65. The predicted molar refractivity (Wildman–Crippen MR) is 61.7 cm³/mol. The number of halogens is 1. The van der Waals surface area contributed by atoms with Crippen LogP contribution >= 0.6 is 0 Å². The molecule has 0 aromatic heterocycles. The Morgan fingerprint density at radius 1 is 1.29 bits per heavy atom. The molecule has 1 aromatic rings. The van der Waals surface area contributed by atoms with Crippen LogP contribution in [0.1, 0.15) is 5.56 Å². The number of rotatable bonds is 3. The van der Waals surface area contributed by atoms with Crippen molar-refractivity contribution in [3.8, 4) is 0 Å². The number of aliphatic hydroxyl groups excluding tert-OH is 1. The average molecular weight is 259 g/mol. The summed E-state index contributed by atoms with van der Waals surface area (Å²) < 4.78 is 35.2. The van der Waals surface area contributed by atoms with E-state index >= 15 is 0 Å². The molecular weight excluding hydrogens is 245 g/mol. The Balaban J connectivity index is 1.93. The van der Waals surface area contributed by atoms with Crippen molar-refractivity contribution in [2.45, 2.75) is 18.7 Å². The van der Waals surface area contributed by atoms with Gasteiger partial charge in [-0.25, -0.2) is 12.8 Å². The highest BCUT2D eigenvalue weighted by atomic mass is 32.2. The molecule has 1 heterocycles. The molecule has 4 nitrogen and oxygen atoms in total. The zero-order valence-corrected chi connectivity index (χ0v) is 9.95. The minimum Gasteiger partial charge on any atom is -0.390 e. The summed E-state index contributed by atoms with van der Waals surface area (Å²) in [5.74, 6) is -0.541. The number of sulfone groups is 1. The SMILES string of the molecule is O=S1(=O)CC(O)C(NCc2ccc(F)cc2)C1. The van der Waals surface area contributed by atoms with Gasteiger partial charge in [-0.2, -0.15) is 0 Å². The summed E-state index contributed by atoms with van der Waals surface area (Å²) in [6, 6.07) is 5.50. The van der Waals surface area contributed by atoms with Crippen LogP contribution < -0.4 is 5.32 Å². The Bertz CT molecular complexity index is 486. The Morgan fingerprint density at radius 3 is 2.47 bits per heavy atom. The van der Waals surface area contributed by atoms with Gasteiger partial charge in [0.15, 0.2) is 9.84 Å². The predicted octanol–water partition coefficient (Wildman–Crippen LogP) is 0.0732. The van der Waals surface area contributed by atoms with Crippen molar-refractivity contribution >= 4 is 9.84 Å². The maximum absolute atomic E-state index is 12.7. The number of benzene rings is 1. The Labute approximate surface area is 99.4 Å². The highest BCUT2D eigenvalue weighted by molar-refractivity contribution is 7.91. The molecule has 94 valence electrons. The van der Waals surface area contributed by atoms with Crippen molar-refractivity contribution in [2.24, 2.45) is 0 Å². The van der Waals surface area contributed by atoms with Crippen LogP contribution in [0.3, 0.4) is 0 Å². The Morgan fingerprint density at radius 2 is 1.94 bits per heavy atom. The van der Waals surface area contributed by atoms with E-state index in [-0.39, 0.29) is 17.3 Å². The smallest absolute Gasteiger partial charge is 0.154 e. The highest BCUT2D eigenvalue weighted by Gasteiger charge is 2.35. The van der Waals surface area contributed by atoms with Crippen molar-refractivity contribution in [2.75, 3.05) is 11.5 Å². The summed E-state index contributed by atoms with van der Waals surface area (Å²) in [5, 5.41) is 12.5. The molecule has 0 amide bonds. The first kappa shape index (κ1) is 12.5. The second kappa shape index (κ2) is 4.72. The van der Waals surface area contributed by atoms with Crippen molar-refractivity contribution in [3.63, 3.8) is 0 Å². The summed E-state index contributed by atoms with van der Waals surface area (Å²) in [4.78, 5) is 0. The fraction of sp³-hybridized carbons (Fsp3) is 0.455. The van der Waals surface area contributed by atoms with E-state index in [1.807, 2.05) is 0 Å². The van der Waals surface area contributed by atoms with Crippen LogP contribution in [-0.2, 0) is 16.4 Å². The maximum atomic E-state index is 12.7. The Kier molecular flexibility index (Phi) is 3.46. The van der Waals surface area contributed by atoms with Gasteiger partial charge in [0, 0.05) is 12.6 Å². The van der Waals surface area contributed by atoms with Crippen molar-refractivity contribution in [1.29, 1.82) is 0 Å². The zero-order valence-electron chi connectivity index (χ0n) is 9.14. The molecule has 1 saturated heterocycles. The van der Waals surface area contributed by atoms with Crippen molar-refractivity contribution in [3.05, 3.63) is 35.6 Å². The molecule has 1 aliphatic heterocycles. The molecule has 0 saturated carbocycles. The quantitative estimate of drug-likeness (QED) is 0.806. The summed E-state index contributed by atoms with van der Waals surface area (Å²) in [7, 11) is -3.13.